The van der Waals surface area contributed by atoms with E-state index in [1.165, 1.54) is 0 Å². The van der Waals surface area contributed by atoms with Gasteiger partial charge in [-0.2, -0.15) is 5.10 Å². The van der Waals surface area contributed by atoms with Crippen molar-refractivity contribution in [3.05, 3.63) is 41.9 Å². The van der Waals surface area contributed by atoms with Crippen LogP contribution in [0.5, 0.6) is 0 Å². The molecule has 1 aliphatic heterocycles. The van der Waals surface area contributed by atoms with Crippen molar-refractivity contribution in [2.24, 2.45) is 7.05 Å². The summed E-state index contributed by atoms with van der Waals surface area (Å²) in [5.41, 5.74) is 7.85. The van der Waals surface area contributed by atoms with Gasteiger partial charge in [-0.05, 0) is 19.1 Å². The van der Waals surface area contributed by atoms with Crippen LogP contribution >= 0.6 is 24.8 Å². The lowest BCUT2D eigenvalue weighted by molar-refractivity contribution is 0.0747. The zero-order valence-electron chi connectivity index (χ0n) is 15.7. The van der Waals surface area contributed by atoms with Crippen molar-refractivity contribution in [2.45, 2.75) is 6.92 Å². The van der Waals surface area contributed by atoms with E-state index in [2.05, 4.69) is 20.0 Å². The third-order valence-electron chi connectivity index (χ3n) is 4.74. The molecule has 10 heteroatoms. The van der Waals surface area contributed by atoms with Crippen molar-refractivity contribution in [3.63, 3.8) is 0 Å². The lowest BCUT2D eigenvalue weighted by Crippen LogP contribution is -2.49. The number of fused-ring (bicyclic) bond motifs is 1. The zero-order chi connectivity index (χ0) is 18.3. The molecule has 0 unspecified atom stereocenters. The number of nitrogens with two attached hydrogens (primary N) is 1. The van der Waals surface area contributed by atoms with Crippen LogP contribution in [-0.4, -0.2) is 56.7 Å². The lowest BCUT2D eigenvalue weighted by Gasteiger charge is -2.35. The standard InChI is InChI=1S/C18H21N7O.2ClH/c1-12-21-16-14(11-20-23(16)2)17(22-12)24-7-9-25(10-8-24)18(26)13-5-3-4-6-15(13)19;;/h3-6,11H,7-10,19H2,1-2H3;2*1H. The van der Waals surface area contributed by atoms with Crippen molar-refractivity contribution < 1.29 is 4.79 Å². The SMILES string of the molecule is Cc1nc(N2CCN(C(=O)c3ccccc3N)CC2)c2cnn(C)c2n1.Cl.Cl. The van der Waals surface area contributed by atoms with Gasteiger partial charge in [-0.1, -0.05) is 12.1 Å². The number of carbonyl (C=O) groups excluding carboxylic acids is 1. The van der Waals surface area contributed by atoms with Crippen molar-refractivity contribution in [1.82, 2.24) is 24.6 Å². The average Bonchev–Trinajstić information content (AvgIpc) is 3.02. The van der Waals surface area contributed by atoms with Crippen LogP contribution in [0, 0.1) is 6.92 Å². The van der Waals surface area contributed by atoms with Crippen LogP contribution in [0.25, 0.3) is 11.0 Å². The Labute approximate surface area is 175 Å². The van der Waals surface area contributed by atoms with Crippen molar-refractivity contribution >= 4 is 53.3 Å². The van der Waals surface area contributed by atoms with Crippen LogP contribution < -0.4 is 10.6 Å². The smallest absolute Gasteiger partial charge is 0.256 e. The molecule has 1 fully saturated rings. The molecule has 0 bridgehead atoms. The molecule has 0 atom stereocenters. The van der Waals surface area contributed by atoms with Gasteiger partial charge >= 0.3 is 0 Å². The lowest BCUT2D eigenvalue weighted by atomic mass is 10.1. The summed E-state index contributed by atoms with van der Waals surface area (Å²) in [6.45, 7) is 4.54. The molecular weight excluding hydrogens is 401 g/mol. The van der Waals surface area contributed by atoms with Gasteiger partial charge in [0.15, 0.2) is 5.65 Å². The molecular formula is C18H23Cl2N7O. The van der Waals surface area contributed by atoms with Crippen LogP contribution in [0.4, 0.5) is 11.5 Å². The fourth-order valence-electron chi connectivity index (χ4n) is 3.34. The Morgan fingerprint density at radius 1 is 1.07 bits per heavy atom. The number of hydrogen-bond donors (Lipinski definition) is 1. The number of benzene rings is 1. The van der Waals surface area contributed by atoms with Crippen LogP contribution in [0.2, 0.25) is 0 Å². The maximum atomic E-state index is 12.7. The summed E-state index contributed by atoms with van der Waals surface area (Å²) in [5, 5.41) is 5.23. The van der Waals surface area contributed by atoms with Crippen molar-refractivity contribution in [3.8, 4) is 0 Å². The number of para-hydroxylation sites is 1. The third kappa shape index (κ3) is 3.83. The fraction of sp³-hybridized carbons (Fsp3) is 0.333. The van der Waals surface area contributed by atoms with Crippen LogP contribution in [0.15, 0.2) is 30.5 Å². The maximum Gasteiger partial charge on any atom is 0.256 e. The Balaban J connectivity index is 0.00000140. The molecule has 150 valence electrons. The van der Waals surface area contributed by atoms with Gasteiger partial charge in [0, 0.05) is 38.9 Å². The van der Waals surface area contributed by atoms with E-state index in [-0.39, 0.29) is 30.7 Å². The molecule has 1 aliphatic rings. The van der Waals surface area contributed by atoms with E-state index >= 15 is 0 Å². The zero-order valence-corrected chi connectivity index (χ0v) is 17.3. The number of halogens is 2. The Morgan fingerprint density at radius 2 is 1.75 bits per heavy atom. The molecule has 0 aliphatic carbocycles. The number of aromatic nitrogens is 4. The molecule has 0 saturated carbocycles. The second-order valence-corrected chi connectivity index (χ2v) is 6.47. The normalized spacial score (nSPS) is 13.8. The predicted molar refractivity (Wildman–Crippen MR) is 115 cm³/mol. The van der Waals surface area contributed by atoms with Crippen molar-refractivity contribution in [2.75, 3.05) is 36.8 Å². The number of hydrogen-bond acceptors (Lipinski definition) is 6. The number of piperazine rings is 1. The number of nitrogen functional groups attached to an aromatic ring is 1. The maximum absolute atomic E-state index is 12.7. The summed E-state index contributed by atoms with van der Waals surface area (Å²) in [6, 6.07) is 7.20. The highest BCUT2D eigenvalue weighted by Crippen LogP contribution is 2.25. The van der Waals surface area contributed by atoms with Gasteiger partial charge in [0.05, 0.1) is 17.1 Å². The Bertz CT molecular complexity index is 983. The van der Waals surface area contributed by atoms with Gasteiger partial charge in [0.1, 0.15) is 11.6 Å². The molecule has 4 rings (SSSR count). The molecule has 1 amide bonds. The molecule has 1 saturated heterocycles. The predicted octanol–water partition coefficient (Wildman–Crippen LogP) is 2.06. The molecule has 3 aromatic rings. The van der Waals surface area contributed by atoms with E-state index in [0.29, 0.717) is 43.3 Å². The first kappa shape index (κ1) is 21.7. The molecule has 1 aromatic carbocycles. The van der Waals surface area contributed by atoms with Crippen LogP contribution in [0.3, 0.4) is 0 Å². The minimum absolute atomic E-state index is 0. The van der Waals surface area contributed by atoms with Crippen LogP contribution in [-0.2, 0) is 7.05 Å². The van der Waals surface area contributed by atoms with E-state index in [0.717, 1.165) is 16.9 Å². The summed E-state index contributed by atoms with van der Waals surface area (Å²) < 4.78 is 1.76. The topological polar surface area (TPSA) is 93.2 Å². The molecule has 28 heavy (non-hydrogen) atoms. The quantitative estimate of drug-likeness (QED) is 0.633. The molecule has 0 spiro atoms. The minimum atomic E-state index is -0.0202. The first-order chi connectivity index (χ1) is 12.5. The first-order valence-corrected chi connectivity index (χ1v) is 8.59. The first-order valence-electron chi connectivity index (χ1n) is 8.59. The summed E-state index contributed by atoms with van der Waals surface area (Å²) in [6.07, 6.45) is 1.80. The summed E-state index contributed by atoms with van der Waals surface area (Å²) in [7, 11) is 1.87. The number of aryl methyl sites for hydroxylation is 2. The van der Waals surface area contributed by atoms with E-state index in [1.54, 1.807) is 23.0 Å². The number of nitrogens with zero attached hydrogens (tertiary/aromatic N) is 6. The molecule has 2 N–H and O–H groups in total. The van der Waals surface area contributed by atoms with Gasteiger partial charge in [-0.15, -0.1) is 24.8 Å². The Kier molecular flexibility index (Phi) is 6.69. The van der Waals surface area contributed by atoms with Crippen molar-refractivity contribution in [1.29, 1.82) is 0 Å². The molecule has 0 radical (unpaired) electrons. The molecule has 2 aromatic heterocycles. The number of amides is 1. The van der Waals surface area contributed by atoms with Gasteiger partial charge in [0.25, 0.3) is 5.91 Å². The minimum Gasteiger partial charge on any atom is -0.398 e. The number of rotatable bonds is 2. The van der Waals surface area contributed by atoms with Gasteiger partial charge in [-0.25, -0.2) is 9.97 Å². The van der Waals surface area contributed by atoms with E-state index in [9.17, 15) is 4.79 Å². The van der Waals surface area contributed by atoms with E-state index < -0.39 is 0 Å². The monoisotopic (exact) mass is 423 g/mol. The summed E-state index contributed by atoms with van der Waals surface area (Å²) in [5.74, 6) is 1.58. The summed E-state index contributed by atoms with van der Waals surface area (Å²) in [4.78, 5) is 25.8. The van der Waals surface area contributed by atoms with Crippen LogP contribution in [0.1, 0.15) is 16.2 Å². The highest BCUT2D eigenvalue weighted by atomic mass is 35.5. The van der Waals surface area contributed by atoms with E-state index in [1.807, 2.05) is 31.0 Å². The highest BCUT2D eigenvalue weighted by molar-refractivity contribution is 5.99. The highest BCUT2D eigenvalue weighted by Gasteiger charge is 2.25. The average molecular weight is 424 g/mol. The van der Waals surface area contributed by atoms with E-state index in [4.69, 9.17) is 5.73 Å². The number of anilines is 2. The second-order valence-electron chi connectivity index (χ2n) is 6.47. The third-order valence-corrected chi connectivity index (χ3v) is 4.74. The van der Waals surface area contributed by atoms with Gasteiger partial charge in [-0.3, -0.25) is 9.48 Å². The fourth-order valence-corrected chi connectivity index (χ4v) is 3.34. The van der Waals surface area contributed by atoms with Gasteiger partial charge in [0.2, 0.25) is 0 Å². The largest absolute Gasteiger partial charge is 0.398 e. The Morgan fingerprint density at radius 3 is 2.43 bits per heavy atom. The molecule has 3 heterocycles. The number of carbonyl (C=O) groups is 1. The summed E-state index contributed by atoms with van der Waals surface area (Å²) >= 11 is 0. The second kappa shape index (κ2) is 8.62. The van der Waals surface area contributed by atoms with Gasteiger partial charge < -0.3 is 15.5 Å². The molecule has 8 nitrogen and oxygen atoms in total. The Hall–Kier alpha value is -2.58.